The number of anilines is 3. The van der Waals surface area contributed by atoms with Crippen molar-refractivity contribution < 1.29 is 0 Å². The van der Waals surface area contributed by atoms with E-state index in [1.807, 2.05) is 44.3 Å². The van der Waals surface area contributed by atoms with Gasteiger partial charge in [-0.3, -0.25) is 0 Å². The number of pyridine rings is 1. The molecule has 0 atom stereocenters. The first-order valence-corrected chi connectivity index (χ1v) is 5.74. The van der Waals surface area contributed by atoms with E-state index in [4.69, 9.17) is 11.6 Å². The fraction of sp³-hybridized carbons (Fsp3) is 0.154. The van der Waals surface area contributed by atoms with Crippen LogP contribution in [0.5, 0.6) is 0 Å². The van der Waals surface area contributed by atoms with Crippen molar-refractivity contribution in [3.8, 4) is 0 Å². The first-order valence-electron chi connectivity index (χ1n) is 5.36. The van der Waals surface area contributed by atoms with Gasteiger partial charge < -0.3 is 10.6 Å². The number of halogens is 1. The molecule has 3 nitrogen and oxygen atoms in total. The van der Waals surface area contributed by atoms with Gasteiger partial charge in [-0.15, -0.1) is 0 Å². The van der Waals surface area contributed by atoms with Crippen molar-refractivity contribution in [2.24, 2.45) is 0 Å². The largest absolute Gasteiger partial charge is 0.373 e. The summed E-state index contributed by atoms with van der Waals surface area (Å²) in [5, 5.41) is 6.97. The Bertz CT molecular complexity index is 526. The molecule has 17 heavy (non-hydrogen) atoms. The second-order valence-electron chi connectivity index (χ2n) is 3.79. The van der Waals surface area contributed by atoms with E-state index >= 15 is 0 Å². The summed E-state index contributed by atoms with van der Waals surface area (Å²) in [7, 11) is 1.84. The maximum atomic E-state index is 6.16. The Hall–Kier alpha value is -1.74. The van der Waals surface area contributed by atoms with Crippen molar-refractivity contribution in [1.29, 1.82) is 0 Å². The highest BCUT2D eigenvalue weighted by atomic mass is 35.5. The van der Waals surface area contributed by atoms with Crippen LogP contribution in [0.2, 0.25) is 5.02 Å². The van der Waals surface area contributed by atoms with E-state index in [0.29, 0.717) is 5.02 Å². The molecule has 0 aliphatic rings. The van der Waals surface area contributed by atoms with Crippen LogP contribution in [0.3, 0.4) is 0 Å². The highest BCUT2D eigenvalue weighted by Crippen LogP contribution is 2.26. The van der Waals surface area contributed by atoms with E-state index in [1.165, 1.54) is 0 Å². The lowest BCUT2D eigenvalue weighted by Gasteiger charge is -2.09. The lowest BCUT2D eigenvalue weighted by Crippen LogP contribution is -1.95. The van der Waals surface area contributed by atoms with E-state index in [2.05, 4.69) is 15.6 Å². The Morgan fingerprint density at radius 3 is 2.71 bits per heavy atom. The van der Waals surface area contributed by atoms with Crippen LogP contribution in [0.25, 0.3) is 0 Å². The number of aryl methyl sites for hydroxylation is 1. The molecule has 0 aliphatic carbocycles. The molecule has 0 saturated heterocycles. The molecule has 0 unspecified atom stereocenters. The summed E-state index contributed by atoms with van der Waals surface area (Å²) < 4.78 is 0. The van der Waals surface area contributed by atoms with Crippen LogP contribution in [0, 0.1) is 6.92 Å². The minimum absolute atomic E-state index is 0.716. The molecule has 0 amide bonds. The number of nitrogens with zero attached hydrogens (tertiary/aromatic N) is 1. The monoisotopic (exact) mass is 247 g/mol. The molecule has 0 spiro atoms. The standard InChI is InChI=1S/C13H14ClN3/c1-9-3-4-12(11(14)7-9)17-10-5-6-16-13(8-10)15-2/h3-8H,1-2H3,(H2,15,16,17). The molecule has 0 bridgehead atoms. The van der Waals surface area contributed by atoms with Crippen LogP contribution < -0.4 is 10.6 Å². The predicted octanol–water partition coefficient (Wildman–Crippen LogP) is 3.83. The molecule has 0 radical (unpaired) electrons. The summed E-state index contributed by atoms with van der Waals surface area (Å²) in [5.41, 5.74) is 2.99. The zero-order valence-corrected chi connectivity index (χ0v) is 10.5. The summed E-state index contributed by atoms with van der Waals surface area (Å²) in [6.45, 7) is 2.02. The van der Waals surface area contributed by atoms with Crippen molar-refractivity contribution in [1.82, 2.24) is 4.98 Å². The number of hydrogen-bond donors (Lipinski definition) is 2. The molecular formula is C13H14ClN3. The minimum Gasteiger partial charge on any atom is -0.373 e. The minimum atomic E-state index is 0.716. The van der Waals surface area contributed by atoms with E-state index < -0.39 is 0 Å². The number of nitrogens with one attached hydrogen (secondary N) is 2. The van der Waals surface area contributed by atoms with Crippen molar-refractivity contribution >= 4 is 28.8 Å². The summed E-state index contributed by atoms with van der Waals surface area (Å²) in [6.07, 6.45) is 1.75. The number of aromatic nitrogens is 1. The third-order valence-electron chi connectivity index (χ3n) is 2.42. The van der Waals surface area contributed by atoms with Crippen molar-refractivity contribution in [3.63, 3.8) is 0 Å². The smallest absolute Gasteiger partial charge is 0.127 e. The number of hydrogen-bond acceptors (Lipinski definition) is 3. The molecule has 1 aromatic carbocycles. The number of rotatable bonds is 3. The third kappa shape index (κ3) is 2.88. The Kier molecular flexibility index (Phi) is 3.49. The quantitative estimate of drug-likeness (QED) is 0.866. The van der Waals surface area contributed by atoms with Crippen molar-refractivity contribution in [3.05, 3.63) is 47.1 Å². The molecule has 0 saturated carbocycles. The zero-order chi connectivity index (χ0) is 12.3. The van der Waals surface area contributed by atoms with Crippen molar-refractivity contribution in [2.45, 2.75) is 6.92 Å². The molecule has 4 heteroatoms. The highest BCUT2D eigenvalue weighted by Gasteiger charge is 2.01. The summed E-state index contributed by atoms with van der Waals surface area (Å²) in [6, 6.07) is 9.75. The van der Waals surface area contributed by atoms with Gasteiger partial charge in [0.1, 0.15) is 5.82 Å². The van der Waals surface area contributed by atoms with Crippen LogP contribution in [-0.2, 0) is 0 Å². The van der Waals surface area contributed by atoms with Gasteiger partial charge in [-0.2, -0.15) is 0 Å². The first kappa shape index (κ1) is 11.7. The van der Waals surface area contributed by atoms with Gasteiger partial charge in [0, 0.05) is 25.0 Å². The fourth-order valence-electron chi connectivity index (χ4n) is 1.52. The Labute approximate surface area is 106 Å². The molecule has 2 rings (SSSR count). The Morgan fingerprint density at radius 2 is 2.00 bits per heavy atom. The molecule has 0 fully saturated rings. The van der Waals surface area contributed by atoms with Crippen LogP contribution >= 0.6 is 11.6 Å². The molecule has 0 aliphatic heterocycles. The maximum Gasteiger partial charge on any atom is 0.127 e. The van der Waals surface area contributed by atoms with Crippen LogP contribution in [0.1, 0.15) is 5.56 Å². The SMILES string of the molecule is CNc1cc(Nc2ccc(C)cc2Cl)ccn1. The molecule has 2 aromatic rings. The van der Waals surface area contributed by atoms with Gasteiger partial charge in [0.25, 0.3) is 0 Å². The van der Waals surface area contributed by atoms with E-state index in [1.54, 1.807) is 6.20 Å². The number of benzene rings is 1. The average Bonchev–Trinajstić information content (AvgIpc) is 2.33. The summed E-state index contributed by atoms with van der Waals surface area (Å²) in [4.78, 5) is 4.15. The van der Waals surface area contributed by atoms with Crippen LogP contribution in [-0.4, -0.2) is 12.0 Å². The fourth-order valence-corrected chi connectivity index (χ4v) is 1.80. The van der Waals surface area contributed by atoms with Gasteiger partial charge in [0.05, 0.1) is 10.7 Å². The van der Waals surface area contributed by atoms with E-state index in [9.17, 15) is 0 Å². The summed E-state index contributed by atoms with van der Waals surface area (Å²) in [5.74, 6) is 0.818. The van der Waals surface area contributed by atoms with Crippen LogP contribution in [0.4, 0.5) is 17.2 Å². The third-order valence-corrected chi connectivity index (χ3v) is 2.73. The van der Waals surface area contributed by atoms with Gasteiger partial charge in [0.15, 0.2) is 0 Å². The lowest BCUT2D eigenvalue weighted by molar-refractivity contribution is 1.28. The lowest BCUT2D eigenvalue weighted by atomic mass is 10.2. The predicted molar refractivity (Wildman–Crippen MR) is 73.3 cm³/mol. The van der Waals surface area contributed by atoms with Gasteiger partial charge in [-0.05, 0) is 30.7 Å². The molecule has 88 valence electrons. The maximum absolute atomic E-state index is 6.16. The average molecular weight is 248 g/mol. The molecule has 2 N–H and O–H groups in total. The van der Waals surface area contributed by atoms with E-state index in [-0.39, 0.29) is 0 Å². The molecular weight excluding hydrogens is 234 g/mol. The Morgan fingerprint density at radius 1 is 1.18 bits per heavy atom. The van der Waals surface area contributed by atoms with Gasteiger partial charge >= 0.3 is 0 Å². The van der Waals surface area contributed by atoms with Crippen LogP contribution in [0.15, 0.2) is 36.5 Å². The van der Waals surface area contributed by atoms with Gasteiger partial charge in [-0.1, -0.05) is 17.7 Å². The zero-order valence-electron chi connectivity index (χ0n) is 9.79. The topological polar surface area (TPSA) is 37.0 Å². The van der Waals surface area contributed by atoms with Gasteiger partial charge in [0.2, 0.25) is 0 Å². The normalized spacial score (nSPS) is 10.1. The molecule has 1 heterocycles. The van der Waals surface area contributed by atoms with Gasteiger partial charge in [-0.25, -0.2) is 4.98 Å². The highest BCUT2D eigenvalue weighted by molar-refractivity contribution is 6.33. The van der Waals surface area contributed by atoms with Crippen molar-refractivity contribution in [2.75, 3.05) is 17.7 Å². The Balaban J connectivity index is 2.25. The summed E-state index contributed by atoms with van der Waals surface area (Å²) >= 11 is 6.16. The molecule has 1 aromatic heterocycles. The first-order chi connectivity index (χ1) is 8.19. The van der Waals surface area contributed by atoms with E-state index in [0.717, 1.165) is 22.8 Å². The second-order valence-corrected chi connectivity index (χ2v) is 4.20. The second kappa shape index (κ2) is 5.06.